The Morgan fingerprint density at radius 3 is 2.42 bits per heavy atom. The molecular formula is C25H22N2O4. The average Bonchev–Trinajstić information content (AvgIpc) is 3.05. The zero-order chi connectivity index (χ0) is 21.8. The van der Waals surface area contributed by atoms with Crippen molar-refractivity contribution in [1.29, 1.82) is 0 Å². The molecule has 0 radical (unpaired) electrons. The lowest BCUT2D eigenvalue weighted by Gasteiger charge is -2.25. The number of aliphatic hydroxyl groups excluding tert-OH is 1. The third kappa shape index (κ3) is 4.05. The van der Waals surface area contributed by atoms with Crippen LogP contribution in [0.1, 0.15) is 29.7 Å². The van der Waals surface area contributed by atoms with Crippen molar-refractivity contribution in [1.82, 2.24) is 9.88 Å². The van der Waals surface area contributed by atoms with Gasteiger partial charge in [-0.05, 0) is 48.4 Å². The van der Waals surface area contributed by atoms with E-state index >= 15 is 0 Å². The van der Waals surface area contributed by atoms with Crippen LogP contribution in [0.5, 0.6) is 5.75 Å². The Morgan fingerprint density at radius 1 is 1.03 bits per heavy atom. The van der Waals surface area contributed by atoms with Crippen molar-refractivity contribution in [2.75, 3.05) is 6.61 Å². The fourth-order valence-corrected chi connectivity index (χ4v) is 3.74. The molecule has 1 N–H and O–H groups in total. The van der Waals surface area contributed by atoms with Crippen molar-refractivity contribution >= 4 is 17.4 Å². The first-order valence-electron chi connectivity index (χ1n) is 10.1. The molecule has 0 unspecified atom stereocenters. The summed E-state index contributed by atoms with van der Waals surface area (Å²) in [5.74, 6) is -0.894. The highest BCUT2D eigenvalue weighted by molar-refractivity contribution is 6.46. The second-order valence-electron chi connectivity index (χ2n) is 7.16. The summed E-state index contributed by atoms with van der Waals surface area (Å²) >= 11 is 0. The molecule has 156 valence electrons. The SMILES string of the molecule is CCOc1ccc(C(O)=C2C(=O)C(=O)N(Cc3cccnc3)[C@@H]2c2ccccc2)cc1. The van der Waals surface area contributed by atoms with Crippen LogP contribution in [-0.2, 0) is 16.1 Å². The number of hydrogen-bond donors (Lipinski definition) is 1. The van der Waals surface area contributed by atoms with Gasteiger partial charge in [0.25, 0.3) is 11.7 Å². The van der Waals surface area contributed by atoms with Gasteiger partial charge in [-0.15, -0.1) is 0 Å². The van der Waals surface area contributed by atoms with Crippen LogP contribution in [0.2, 0.25) is 0 Å². The maximum Gasteiger partial charge on any atom is 0.295 e. The first-order chi connectivity index (χ1) is 15.1. The number of Topliss-reactive ketones (excluding diaryl/α,β-unsaturated/α-hetero) is 1. The van der Waals surface area contributed by atoms with Crippen molar-refractivity contribution in [3.8, 4) is 5.75 Å². The Kier molecular flexibility index (Phi) is 5.80. The Bertz CT molecular complexity index is 1110. The average molecular weight is 414 g/mol. The zero-order valence-corrected chi connectivity index (χ0v) is 17.1. The van der Waals surface area contributed by atoms with Gasteiger partial charge in [0.1, 0.15) is 11.5 Å². The number of likely N-dealkylation sites (tertiary alicyclic amines) is 1. The first-order valence-corrected chi connectivity index (χ1v) is 10.1. The third-order valence-corrected chi connectivity index (χ3v) is 5.17. The van der Waals surface area contributed by atoms with E-state index in [0.29, 0.717) is 17.9 Å². The normalized spacial score (nSPS) is 17.7. The Balaban J connectivity index is 1.80. The molecule has 6 nitrogen and oxygen atoms in total. The first kappa shape index (κ1) is 20.3. The fourth-order valence-electron chi connectivity index (χ4n) is 3.74. The lowest BCUT2D eigenvalue weighted by molar-refractivity contribution is -0.140. The molecule has 4 rings (SSSR count). The van der Waals surface area contributed by atoms with E-state index in [0.717, 1.165) is 11.1 Å². The highest BCUT2D eigenvalue weighted by atomic mass is 16.5. The van der Waals surface area contributed by atoms with Crippen LogP contribution in [0.25, 0.3) is 5.76 Å². The summed E-state index contributed by atoms with van der Waals surface area (Å²) in [5, 5.41) is 11.1. The van der Waals surface area contributed by atoms with Gasteiger partial charge >= 0.3 is 0 Å². The minimum absolute atomic E-state index is 0.0734. The van der Waals surface area contributed by atoms with E-state index in [1.54, 1.807) is 42.7 Å². The lowest BCUT2D eigenvalue weighted by atomic mass is 9.95. The molecule has 1 fully saturated rings. The van der Waals surface area contributed by atoms with Gasteiger partial charge in [-0.3, -0.25) is 14.6 Å². The molecular weight excluding hydrogens is 392 g/mol. The molecule has 2 aromatic carbocycles. The summed E-state index contributed by atoms with van der Waals surface area (Å²) in [6.45, 7) is 2.62. The molecule has 1 atom stereocenters. The molecule has 31 heavy (non-hydrogen) atoms. The van der Waals surface area contributed by atoms with Crippen molar-refractivity contribution in [2.24, 2.45) is 0 Å². The van der Waals surface area contributed by atoms with Crippen LogP contribution in [-0.4, -0.2) is 33.3 Å². The van der Waals surface area contributed by atoms with E-state index in [-0.39, 0.29) is 17.9 Å². The zero-order valence-electron chi connectivity index (χ0n) is 17.1. The number of hydrogen-bond acceptors (Lipinski definition) is 5. The minimum Gasteiger partial charge on any atom is -0.507 e. The Labute approximate surface area is 180 Å². The Hall–Kier alpha value is -3.93. The highest BCUT2D eigenvalue weighted by Gasteiger charge is 2.46. The molecule has 1 aliphatic heterocycles. The number of carbonyl (C=O) groups excluding carboxylic acids is 2. The van der Waals surface area contributed by atoms with Crippen LogP contribution in [0.15, 0.2) is 84.7 Å². The summed E-state index contributed by atoms with van der Waals surface area (Å²) in [6.07, 6.45) is 3.31. The smallest absolute Gasteiger partial charge is 0.295 e. The molecule has 0 saturated carbocycles. The topological polar surface area (TPSA) is 79.7 Å². The van der Waals surface area contributed by atoms with Gasteiger partial charge < -0.3 is 14.7 Å². The number of aromatic nitrogens is 1. The van der Waals surface area contributed by atoms with Crippen LogP contribution >= 0.6 is 0 Å². The largest absolute Gasteiger partial charge is 0.507 e. The third-order valence-electron chi connectivity index (χ3n) is 5.17. The second-order valence-corrected chi connectivity index (χ2v) is 7.16. The van der Waals surface area contributed by atoms with Gasteiger partial charge in [-0.1, -0.05) is 36.4 Å². The molecule has 2 heterocycles. The Morgan fingerprint density at radius 2 is 1.77 bits per heavy atom. The number of amides is 1. The summed E-state index contributed by atoms with van der Waals surface area (Å²) < 4.78 is 5.45. The van der Waals surface area contributed by atoms with E-state index in [2.05, 4.69) is 4.98 Å². The van der Waals surface area contributed by atoms with E-state index in [1.165, 1.54) is 4.90 Å². The standard InChI is InChI=1S/C25H22N2O4/c1-2-31-20-12-10-19(11-13-20)23(28)21-22(18-8-4-3-5-9-18)27(25(30)24(21)29)16-17-7-6-14-26-15-17/h3-15,22,28H,2,16H2,1H3/t22-/m1/s1. The van der Waals surface area contributed by atoms with E-state index in [4.69, 9.17) is 4.74 Å². The van der Waals surface area contributed by atoms with Crippen molar-refractivity contribution in [3.63, 3.8) is 0 Å². The molecule has 1 aromatic heterocycles. The van der Waals surface area contributed by atoms with Gasteiger partial charge in [0.2, 0.25) is 0 Å². The van der Waals surface area contributed by atoms with Crippen LogP contribution in [0.4, 0.5) is 0 Å². The second kappa shape index (κ2) is 8.83. The highest BCUT2D eigenvalue weighted by Crippen LogP contribution is 2.40. The van der Waals surface area contributed by atoms with Gasteiger partial charge in [-0.2, -0.15) is 0 Å². The molecule has 6 heteroatoms. The van der Waals surface area contributed by atoms with Crippen molar-refractivity contribution in [3.05, 3.63) is 101 Å². The molecule has 1 amide bonds. The summed E-state index contributed by atoms with van der Waals surface area (Å²) in [5.41, 5.74) is 2.07. The number of ether oxygens (including phenoxy) is 1. The van der Waals surface area contributed by atoms with Gasteiger partial charge in [0, 0.05) is 24.5 Å². The molecule has 0 spiro atoms. The van der Waals surface area contributed by atoms with Crippen LogP contribution in [0, 0.1) is 0 Å². The van der Waals surface area contributed by atoms with E-state index in [1.807, 2.05) is 43.3 Å². The van der Waals surface area contributed by atoms with Crippen molar-refractivity contribution in [2.45, 2.75) is 19.5 Å². The number of rotatable bonds is 6. The lowest BCUT2D eigenvalue weighted by Crippen LogP contribution is -2.29. The number of ketones is 1. The fraction of sp³-hybridized carbons (Fsp3) is 0.160. The molecule has 0 bridgehead atoms. The number of carbonyl (C=O) groups is 2. The van der Waals surface area contributed by atoms with Crippen LogP contribution < -0.4 is 4.74 Å². The van der Waals surface area contributed by atoms with Gasteiger partial charge in [0.05, 0.1) is 18.2 Å². The maximum absolute atomic E-state index is 13.0. The quantitative estimate of drug-likeness (QED) is 0.373. The minimum atomic E-state index is -0.705. The number of pyridine rings is 1. The monoisotopic (exact) mass is 414 g/mol. The number of nitrogens with zero attached hydrogens (tertiary/aromatic N) is 2. The van der Waals surface area contributed by atoms with E-state index in [9.17, 15) is 14.7 Å². The molecule has 0 aliphatic carbocycles. The summed E-state index contributed by atoms with van der Waals surface area (Å²) in [6, 6.07) is 19.0. The molecule has 3 aromatic rings. The predicted molar refractivity (Wildman–Crippen MR) is 116 cm³/mol. The summed E-state index contributed by atoms with van der Waals surface area (Å²) in [7, 11) is 0. The predicted octanol–water partition coefficient (Wildman–Crippen LogP) is 4.10. The summed E-state index contributed by atoms with van der Waals surface area (Å²) in [4.78, 5) is 31.6. The number of aliphatic hydroxyl groups is 1. The molecule has 1 aliphatic rings. The van der Waals surface area contributed by atoms with Crippen molar-refractivity contribution < 1.29 is 19.4 Å². The number of benzene rings is 2. The maximum atomic E-state index is 13.0. The van der Waals surface area contributed by atoms with Gasteiger partial charge in [-0.25, -0.2) is 0 Å². The van der Waals surface area contributed by atoms with Gasteiger partial charge in [0.15, 0.2) is 0 Å². The van der Waals surface area contributed by atoms with E-state index < -0.39 is 17.7 Å². The molecule has 1 saturated heterocycles. The van der Waals surface area contributed by atoms with Crippen LogP contribution in [0.3, 0.4) is 0 Å².